The molecule has 0 atom stereocenters. The molecule has 0 fully saturated rings. The predicted molar refractivity (Wildman–Crippen MR) is 42.1 cm³/mol. The number of amides is 1. The van der Waals surface area contributed by atoms with Crippen molar-refractivity contribution in [3.63, 3.8) is 0 Å². The van der Waals surface area contributed by atoms with Crippen molar-refractivity contribution in [2.45, 2.75) is 0 Å². The van der Waals surface area contributed by atoms with E-state index in [1.54, 1.807) is 0 Å². The van der Waals surface area contributed by atoms with Crippen LogP contribution in [0, 0.1) is 0 Å². The van der Waals surface area contributed by atoms with Crippen molar-refractivity contribution in [3.8, 4) is 0 Å². The lowest BCUT2D eigenvalue weighted by Gasteiger charge is -2.14. The Bertz CT molecular complexity index is 178. The van der Waals surface area contributed by atoms with Crippen molar-refractivity contribution in [2.24, 2.45) is 0 Å². The maximum Gasteiger partial charge on any atom is 0.253 e. The quantitative estimate of drug-likeness (QED) is 0.351. The van der Waals surface area contributed by atoms with Gasteiger partial charge in [0, 0.05) is 12.6 Å². The van der Waals surface area contributed by atoms with Gasteiger partial charge in [-0.05, 0) is 6.08 Å². The average Bonchev–Trinajstić information content (AvgIpc) is 2.11. The number of rotatable bonds is 4. The average molecular weight is 175 g/mol. The zero-order chi connectivity index (χ0) is 9.56. The molecule has 0 heterocycles. The van der Waals surface area contributed by atoms with Gasteiger partial charge in [0.05, 0.1) is 13.2 Å². The van der Waals surface area contributed by atoms with Crippen LogP contribution in [0.25, 0.3) is 0 Å². The molecule has 0 aliphatic carbocycles. The van der Waals surface area contributed by atoms with Crippen molar-refractivity contribution < 1.29 is 20.1 Å². The number of hydrogen-bond acceptors (Lipinski definition) is 4. The molecular weight excluding hydrogens is 162 g/mol. The van der Waals surface area contributed by atoms with E-state index in [2.05, 4.69) is 0 Å². The minimum absolute atomic E-state index is 0.0778. The minimum atomic E-state index is -0.492. The second kappa shape index (κ2) is 5.70. The summed E-state index contributed by atoms with van der Waals surface area (Å²) in [4.78, 5) is 12.1. The lowest BCUT2D eigenvalue weighted by Crippen LogP contribution is -2.30. The summed E-state index contributed by atoms with van der Waals surface area (Å²) in [5, 5.41) is 25.7. The first kappa shape index (κ1) is 11.1. The van der Waals surface area contributed by atoms with Crippen LogP contribution in [0.15, 0.2) is 11.6 Å². The maximum absolute atomic E-state index is 11.1. The number of aliphatic hydroxyl groups is 3. The summed E-state index contributed by atoms with van der Waals surface area (Å²) in [5.74, 6) is -0.492. The third-order valence-corrected chi connectivity index (χ3v) is 1.34. The van der Waals surface area contributed by atoms with Gasteiger partial charge in [0.25, 0.3) is 5.91 Å². The van der Waals surface area contributed by atoms with Crippen molar-refractivity contribution in [1.29, 1.82) is 0 Å². The molecule has 5 heteroatoms. The van der Waals surface area contributed by atoms with Gasteiger partial charge in [-0.25, -0.2) is 0 Å². The van der Waals surface area contributed by atoms with Crippen molar-refractivity contribution in [1.82, 2.24) is 4.90 Å². The van der Waals surface area contributed by atoms with E-state index < -0.39 is 19.2 Å². The van der Waals surface area contributed by atoms with Gasteiger partial charge in [0.15, 0.2) is 0 Å². The van der Waals surface area contributed by atoms with E-state index in [9.17, 15) is 4.79 Å². The highest BCUT2D eigenvalue weighted by molar-refractivity contribution is 5.93. The summed E-state index contributed by atoms with van der Waals surface area (Å²) in [6, 6.07) is 0. The Morgan fingerprint density at radius 2 is 2.00 bits per heavy atom. The molecule has 0 spiro atoms. The number of hydrogen-bond donors (Lipinski definition) is 3. The molecule has 1 amide bonds. The molecule has 0 saturated carbocycles. The van der Waals surface area contributed by atoms with Gasteiger partial charge in [0.1, 0.15) is 6.73 Å². The zero-order valence-electron chi connectivity index (χ0n) is 6.90. The summed E-state index contributed by atoms with van der Waals surface area (Å²) in [6.45, 7) is -1.16. The van der Waals surface area contributed by atoms with Crippen LogP contribution in [-0.4, -0.2) is 53.1 Å². The molecule has 0 aromatic rings. The topological polar surface area (TPSA) is 81.0 Å². The lowest BCUT2D eigenvalue weighted by atomic mass is 10.2. The van der Waals surface area contributed by atoms with Gasteiger partial charge in [-0.3, -0.25) is 4.79 Å². The van der Waals surface area contributed by atoms with Crippen LogP contribution in [0.4, 0.5) is 0 Å². The minimum Gasteiger partial charge on any atom is -0.392 e. The van der Waals surface area contributed by atoms with Gasteiger partial charge >= 0.3 is 0 Å². The molecule has 0 saturated heterocycles. The predicted octanol–water partition coefficient (Wildman–Crippen LogP) is -1.69. The van der Waals surface area contributed by atoms with E-state index in [1.165, 1.54) is 13.1 Å². The number of carbonyl (C=O) groups is 1. The summed E-state index contributed by atoms with van der Waals surface area (Å²) in [5.41, 5.74) is 0.0778. The summed E-state index contributed by atoms with van der Waals surface area (Å²) in [7, 11) is 1.39. The normalized spacial score (nSPS) is 11.5. The summed E-state index contributed by atoms with van der Waals surface area (Å²) in [6.07, 6.45) is 1.20. The second-order valence-electron chi connectivity index (χ2n) is 2.21. The largest absolute Gasteiger partial charge is 0.392 e. The first-order valence-electron chi connectivity index (χ1n) is 3.44. The van der Waals surface area contributed by atoms with Crippen molar-refractivity contribution >= 4 is 5.91 Å². The van der Waals surface area contributed by atoms with E-state index in [-0.39, 0.29) is 12.2 Å². The van der Waals surface area contributed by atoms with Crippen LogP contribution >= 0.6 is 0 Å². The molecule has 0 radical (unpaired) electrons. The van der Waals surface area contributed by atoms with E-state index >= 15 is 0 Å². The zero-order valence-corrected chi connectivity index (χ0v) is 6.90. The molecule has 5 nitrogen and oxygen atoms in total. The molecule has 0 bridgehead atoms. The number of likely N-dealkylation sites (N-methyl/N-ethyl adjacent to an activating group) is 1. The Kier molecular flexibility index (Phi) is 5.27. The Morgan fingerprint density at radius 1 is 1.42 bits per heavy atom. The highest BCUT2D eigenvalue weighted by Crippen LogP contribution is 1.97. The highest BCUT2D eigenvalue weighted by atomic mass is 16.3. The van der Waals surface area contributed by atoms with Gasteiger partial charge in [-0.15, -0.1) is 0 Å². The van der Waals surface area contributed by atoms with Gasteiger partial charge in [-0.2, -0.15) is 0 Å². The standard InChI is InChI=1S/C7H13NO4/c1-8(5-11)7(12)6(4-10)2-3-9/h2,9-11H,3-5H2,1H3. The SMILES string of the molecule is CN(CO)C(=O)C(=CCO)CO. The highest BCUT2D eigenvalue weighted by Gasteiger charge is 2.11. The van der Waals surface area contributed by atoms with Crippen LogP contribution in [0.1, 0.15) is 0 Å². The second-order valence-corrected chi connectivity index (χ2v) is 2.21. The Hall–Kier alpha value is -0.910. The fraction of sp³-hybridized carbons (Fsp3) is 0.571. The molecule has 70 valence electrons. The van der Waals surface area contributed by atoms with E-state index in [0.29, 0.717) is 0 Å². The van der Waals surface area contributed by atoms with Gasteiger partial charge in [-0.1, -0.05) is 0 Å². The number of carbonyl (C=O) groups excluding carboxylic acids is 1. The van der Waals surface area contributed by atoms with E-state index in [1.807, 2.05) is 0 Å². The fourth-order valence-electron chi connectivity index (χ4n) is 0.639. The third kappa shape index (κ3) is 3.00. The number of aliphatic hydroxyl groups excluding tert-OH is 3. The first-order chi connectivity index (χ1) is 5.67. The van der Waals surface area contributed by atoms with E-state index in [0.717, 1.165) is 4.90 Å². The third-order valence-electron chi connectivity index (χ3n) is 1.34. The van der Waals surface area contributed by atoms with Crippen LogP contribution in [0.5, 0.6) is 0 Å². The molecule has 0 rings (SSSR count). The van der Waals surface area contributed by atoms with Crippen LogP contribution in [-0.2, 0) is 4.79 Å². The molecule has 0 aromatic heterocycles. The first-order valence-corrected chi connectivity index (χ1v) is 3.44. The van der Waals surface area contributed by atoms with Gasteiger partial charge in [0.2, 0.25) is 0 Å². The number of nitrogens with zero attached hydrogens (tertiary/aromatic N) is 1. The maximum atomic E-state index is 11.1. The van der Waals surface area contributed by atoms with Crippen LogP contribution in [0.2, 0.25) is 0 Å². The molecule has 0 aliphatic heterocycles. The molecule has 12 heavy (non-hydrogen) atoms. The van der Waals surface area contributed by atoms with Crippen molar-refractivity contribution in [3.05, 3.63) is 11.6 Å². The Morgan fingerprint density at radius 3 is 2.33 bits per heavy atom. The van der Waals surface area contributed by atoms with Crippen LogP contribution in [0.3, 0.4) is 0 Å². The molecule has 0 aliphatic rings. The molecule has 3 N–H and O–H groups in total. The summed E-state index contributed by atoms with van der Waals surface area (Å²) < 4.78 is 0. The lowest BCUT2D eigenvalue weighted by molar-refractivity contribution is -0.129. The smallest absolute Gasteiger partial charge is 0.253 e. The molecular formula is C7H13NO4. The molecule has 0 unspecified atom stereocenters. The van der Waals surface area contributed by atoms with E-state index in [4.69, 9.17) is 15.3 Å². The Labute approximate surface area is 70.5 Å². The molecule has 0 aromatic carbocycles. The summed E-state index contributed by atoms with van der Waals surface area (Å²) >= 11 is 0. The fourth-order valence-corrected chi connectivity index (χ4v) is 0.639. The van der Waals surface area contributed by atoms with Crippen LogP contribution < -0.4 is 0 Å². The Balaban J connectivity index is 4.31. The van der Waals surface area contributed by atoms with Crippen molar-refractivity contribution in [2.75, 3.05) is 27.0 Å². The van der Waals surface area contributed by atoms with Gasteiger partial charge < -0.3 is 20.2 Å². The monoisotopic (exact) mass is 175 g/mol.